The first-order valence-electron chi connectivity index (χ1n) is 9.55. The molecule has 1 atom stereocenters. The van der Waals surface area contributed by atoms with Crippen molar-refractivity contribution >= 4 is 6.08 Å². The summed E-state index contributed by atoms with van der Waals surface area (Å²) in [5.74, 6) is 2.50. The molecule has 0 saturated carbocycles. The van der Waals surface area contributed by atoms with Gasteiger partial charge < -0.3 is 4.74 Å². The van der Waals surface area contributed by atoms with Crippen molar-refractivity contribution in [3.05, 3.63) is 60.7 Å². The Balaban J connectivity index is 1.82. The van der Waals surface area contributed by atoms with E-state index in [4.69, 9.17) is 4.74 Å². The van der Waals surface area contributed by atoms with Gasteiger partial charge in [0.25, 0.3) is 0 Å². The van der Waals surface area contributed by atoms with Gasteiger partial charge in [-0.3, -0.25) is 0 Å². The second-order valence-corrected chi connectivity index (χ2v) is 7.38. The first-order valence-corrected chi connectivity index (χ1v) is 9.55. The lowest BCUT2D eigenvalue weighted by atomic mass is 9.98. The predicted octanol–water partition coefficient (Wildman–Crippen LogP) is 7.23. The van der Waals surface area contributed by atoms with Gasteiger partial charge in [-0.15, -0.1) is 0 Å². The maximum absolute atomic E-state index is 5.93. The van der Waals surface area contributed by atoms with Gasteiger partial charge in [-0.1, -0.05) is 89.1 Å². The van der Waals surface area contributed by atoms with Crippen molar-refractivity contribution in [3.63, 3.8) is 0 Å². The minimum atomic E-state index is 0.734. The molecular weight excluding hydrogens is 304 g/mol. The Labute approximate surface area is 153 Å². The molecule has 0 radical (unpaired) electrons. The first kappa shape index (κ1) is 19.3. The van der Waals surface area contributed by atoms with Gasteiger partial charge in [0.15, 0.2) is 0 Å². The molecule has 0 heterocycles. The normalized spacial score (nSPS) is 12.2. The van der Waals surface area contributed by atoms with E-state index in [1.807, 2.05) is 12.1 Å². The van der Waals surface area contributed by atoms with Gasteiger partial charge in [-0.25, -0.2) is 0 Å². The molecular formula is C24H32O. The van der Waals surface area contributed by atoms with Gasteiger partial charge in [0.2, 0.25) is 0 Å². The van der Waals surface area contributed by atoms with E-state index in [2.05, 4.69) is 69.8 Å². The molecule has 0 bridgehead atoms. The summed E-state index contributed by atoms with van der Waals surface area (Å²) in [4.78, 5) is 0. The number of hydrogen-bond acceptors (Lipinski definition) is 1. The van der Waals surface area contributed by atoms with E-state index in [-0.39, 0.29) is 0 Å². The summed E-state index contributed by atoms with van der Waals surface area (Å²) in [6.07, 6.45) is 6.99. The van der Waals surface area contributed by atoms with Crippen LogP contribution in [0.5, 0.6) is 5.75 Å². The van der Waals surface area contributed by atoms with Crippen LogP contribution in [-0.4, -0.2) is 6.61 Å². The lowest BCUT2D eigenvalue weighted by molar-refractivity contribution is 0.276. The smallest absolute Gasteiger partial charge is 0.119 e. The van der Waals surface area contributed by atoms with Crippen molar-refractivity contribution < 1.29 is 4.74 Å². The van der Waals surface area contributed by atoms with Crippen LogP contribution in [-0.2, 0) is 0 Å². The standard InChI is InChI=1S/C24H32O/c1-5-21-11-6-7-12-24(21)22-13-15-23(16-14-22)25-18-17-20(4)10-8-9-19(2)3/h5-7,11-16,19-20H,1,8-10,17-18H2,2-4H3. The summed E-state index contributed by atoms with van der Waals surface area (Å²) in [7, 11) is 0. The van der Waals surface area contributed by atoms with Crippen LogP contribution in [0.25, 0.3) is 17.2 Å². The van der Waals surface area contributed by atoms with E-state index in [1.165, 1.54) is 30.4 Å². The molecule has 25 heavy (non-hydrogen) atoms. The topological polar surface area (TPSA) is 9.23 Å². The predicted molar refractivity (Wildman–Crippen MR) is 110 cm³/mol. The molecule has 0 aromatic heterocycles. The molecule has 0 spiro atoms. The Kier molecular flexibility index (Phi) is 7.78. The highest BCUT2D eigenvalue weighted by Gasteiger charge is 2.05. The van der Waals surface area contributed by atoms with Crippen LogP contribution >= 0.6 is 0 Å². The quantitative estimate of drug-likeness (QED) is 0.445. The molecule has 0 aliphatic rings. The Bertz CT molecular complexity index is 639. The second-order valence-electron chi connectivity index (χ2n) is 7.38. The maximum Gasteiger partial charge on any atom is 0.119 e. The van der Waals surface area contributed by atoms with Crippen LogP contribution in [0, 0.1) is 11.8 Å². The Morgan fingerprint density at radius 1 is 0.920 bits per heavy atom. The van der Waals surface area contributed by atoms with E-state index >= 15 is 0 Å². The molecule has 0 aliphatic heterocycles. The van der Waals surface area contributed by atoms with Crippen molar-refractivity contribution in [2.75, 3.05) is 6.61 Å². The highest BCUT2D eigenvalue weighted by atomic mass is 16.5. The van der Waals surface area contributed by atoms with Gasteiger partial charge in [-0.05, 0) is 47.1 Å². The molecule has 1 heteroatoms. The number of ether oxygens (including phenoxy) is 1. The highest BCUT2D eigenvalue weighted by Crippen LogP contribution is 2.26. The third-order valence-corrected chi connectivity index (χ3v) is 4.70. The van der Waals surface area contributed by atoms with Gasteiger partial charge in [0, 0.05) is 0 Å². The molecule has 0 fully saturated rings. The number of hydrogen-bond donors (Lipinski definition) is 0. The van der Waals surface area contributed by atoms with Gasteiger partial charge >= 0.3 is 0 Å². The number of rotatable bonds is 10. The van der Waals surface area contributed by atoms with Gasteiger partial charge in [-0.2, -0.15) is 0 Å². The zero-order valence-corrected chi connectivity index (χ0v) is 16.0. The fraction of sp³-hybridized carbons (Fsp3) is 0.417. The van der Waals surface area contributed by atoms with E-state index < -0.39 is 0 Å². The monoisotopic (exact) mass is 336 g/mol. The minimum Gasteiger partial charge on any atom is -0.494 e. The molecule has 0 aliphatic carbocycles. The molecule has 2 rings (SSSR count). The Hall–Kier alpha value is -2.02. The average molecular weight is 337 g/mol. The van der Waals surface area contributed by atoms with E-state index in [0.29, 0.717) is 0 Å². The molecule has 134 valence electrons. The third kappa shape index (κ3) is 6.42. The van der Waals surface area contributed by atoms with Crippen molar-refractivity contribution in [1.29, 1.82) is 0 Å². The maximum atomic E-state index is 5.93. The van der Waals surface area contributed by atoms with E-state index in [9.17, 15) is 0 Å². The Morgan fingerprint density at radius 2 is 1.64 bits per heavy atom. The summed E-state index contributed by atoms with van der Waals surface area (Å²) in [5.41, 5.74) is 3.57. The molecule has 2 aromatic rings. The largest absolute Gasteiger partial charge is 0.494 e. The van der Waals surface area contributed by atoms with Gasteiger partial charge in [0.1, 0.15) is 5.75 Å². The molecule has 2 aromatic carbocycles. The zero-order chi connectivity index (χ0) is 18.1. The summed E-state index contributed by atoms with van der Waals surface area (Å²) in [6.45, 7) is 11.6. The third-order valence-electron chi connectivity index (χ3n) is 4.70. The van der Waals surface area contributed by atoms with Crippen LogP contribution in [0.3, 0.4) is 0 Å². The van der Waals surface area contributed by atoms with Crippen molar-refractivity contribution in [3.8, 4) is 16.9 Å². The lowest BCUT2D eigenvalue weighted by Crippen LogP contribution is -2.04. The lowest BCUT2D eigenvalue weighted by Gasteiger charge is -2.13. The molecule has 1 unspecified atom stereocenters. The van der Waals surface area contributed by atoms with Crippen LogP contribution in [0.1, 0.15) is 52.0 Å². The summed E-state index contributed by atoms with van der Waals surface area (Å²) < 4.78 is 5.93. The summed E-state index contributed by atoms with van der Waals surface area (Å²) in [5, 5.41) is 0. The Morgan fingerprint density at radius 3 is 2.32 bits per heavy atom. The minimum absolute atomic E-state index is 0.734. The zero-order valence-electron chi connectivity index (χ0n) is 16.0. The molecule has 0 amide bonds. The van der Waals surface area contributed by atoms with Crippen LogP contribution < -0.4 is 4.74 Å². The number of benzene rings is 2. The summed E-state index contributed by atoms with van der Waals surface area (Å²) >= 11 is 0. The molecule has 0 saturated heterocycles. The van der Waals surface area contributed by atoms with Crippen molar-refractivity contribution in [2.45, 2.75) is 46.5 Å². The van der Waals surface area contributed by atoms with Crippen LogP contribution in [0.15, 0.2) is 55.1 Å². The average Bonchev–Trinajstić information content (AvgIpc) is 2.62. The highest BCUT2D eigenvalue weighted by molar-refractivity contribution is 5.74. The van der Waals surface area contributed by atoms with Gasteiger partial charge in [0.05, 0.1) is 6.61 Å². The fourth-order valence-electron chi connectivity index (χ4n) is 3.07. The first-order chi connectivity index (χ1) is 12.1. The van der Waals surface area contributed by atoms with E-state index in [0.717, 1.165) is 36.2 Å². The molecule has 1 nitrogen and oxygen atoms in total. The SMILES string of the molecule is C=Cc1ccccc1-c1ccc(OCCC(C)CCCC(C)C)cc1. The van der Waals surface area contributed by atoms with E-state index in [1.54, 1.807) is 0 Å². The van der Waals surface area contributed by atoms with Crippen LogP contribution in [0.2, 0.25) is 0 Å². The second kappa shape index (κ2) is 10.1. The summed E-state index contributed by atoms with van der Waals surface area (Å²) in [6, 6.07) is 16.7. The van der Waals surface area contributed by atoms with Crippen molar-refractivity contribution in [2.24, 2.45) is 11.8 Å². The fourth-order valence-corrected chi connectivity index (χ4v) is 3.07. The van der Waals surface area contributed by atoms with Crippen molar-refractivity contribution in [1.82, 2.24) is 0 Å². The van der Waals surface area contributed by atoms with Crippen LogP contribution in [0.4, 0.5) is 0 Å². The molecule has 0 N–H and O–H groups in total.